The molecule has 0 amide bonds. The van der Waals surface area contributed by atoms with Crippen molar-refractivity contribution >= 4 is 16.7 Å². The van der Waals surface area contributed by atoms with Gasteiger partial charge in [-0.05, 0) is 42.5 Å². The fraction of sp³-hybridized carbons (Fsp3) is 0.400. The lowest BCUT2D eigenvalue weighted by atomic mass is 9.96. The quantitative estimate of drug-likeness (QED) is 0.667. The molecule has 0 bridgehead atoms. The van der Waals surface area contributed by atoms with Gasteiger partial charge in [-0.15, -0.1) is 0 Å². The van der Waals surface area contributed by atoms with Crippen LogP contribution in [-0.4, -0.2) is 25.5 Å². The summed E-state index contributed by atoms with van der Waals surface area (Å²) >= 11 is 0. The van der Waals surface area contributed by atoms with Gasteiger partial charge in [0.05, 0.1) is 5.52 Å². The molecule has 0 radical (unpaired) electrons. The summed E-state index contributed by atoms with van der Waals surface area (Å²) in [6, 6.07) is 4.14. The maximum atomic E-state index is 12.1. The third kappa shape index (κ3) is 3.45. The Morgan fingerprint density at radius 2 is 1.72 bits per heavy atom. The second-order valence-electron chi connectivity index (χ2n) is 7.83. The highest BCUT2D eigenvalue weighted by atomic mass is 16.1. The zero-order valence-corrected chi connectivity index (χ0v) is 15.7. The van der Waals surface area contributed by atoms with Gasteiger partial charge in [-0.2, -0.15) is 5.10 Å². The summed E-state index contributed by atoms with van der Waals surface area (Å²) in [6.45, 7) is 12.8. The van der Waals surface area contributed by atoms with E-state index in [9.17, 15) is 4.79 Å². The Hall–Kier alpha value is -2.56. The maximum absolute atomic E-state index is 12.1. The van der Waals surface area contributed by atoms with Crippen molar-refractivity contribution < 1.29 is 4.79 Å². The Morgan fingerprint density at radius 1 is 1.08 bits per heavy atom. The van der Waals surface area contributed by atoms with Gasteiger partial charge in [0.15, 0.2) is 5.78 Å². The zero-order chi connectivity index (χ0) is 18.4. The van der Waals surface area contributed by atoms with E-state index in [4.69, 9.17) is 0 Å². The summed E-state index contributed by atoms with van der Waals surface area (Å²) in [6.07, 6.45) is 3.63. The molecule has 0 fully saturated rings. The normalized spacial score (nSPS) is 11.9. The second-order valence-corrected chi connectivity index (χ2v) is 7.83. The predicted octanol–water partition coefficient (Wildman–Crippen LogP) is 4.36. The summed E-state index contributed by atoms with van der Waals surface area (Å²) in [7, 11) is 0. The second kappa shape index (κ2) is 6.06. The third-order valence-corrected chi connectivity index (χ3v) is 4.11. The van der Waals surface area contributed by atoms with Crippen LogP contribution in [0.1, 0.15) is 49.6 Å². The first-order valence-corrected chi connectivity index (χ1v) is 8.47. The Morgan fingerprint density at radius 3 is 2.28 bits per heavy atom. The van der Waals surface area contributed by atoms with Crippen molar-refractivity contribution in [3.8, 4) is 11.1 Å². The SMILES string of the molecule is CC(=O)c1nn(CC(C)(C)C)c2c(C)cc(-c3cnc(C)nc3)cc12. The molecule has 0 N–H and O–H groups in total. The van der Waals surface area contributed by atoms with E-state index in [2.05, 4.69) is 48.8 Å². The molecule has 2 heterocycles. The Bertz CT molecular complexity index is 946. The highest BCUT2D eigenvalue weighted by Gasteiger charge is 2.21. The lowest BCUT2D eigenvalue weighted by Crippen LogP contribution is -2.17. The molecule has 0 saturated heterocycles. The molecule has 0 spiro atoms. The van der Waals surface area contributed by atoms with Gasteiger partial charge < -0.3 is 0 Å². The van der Waals surface area contributed by atoms with E-state index in [1.165, 1.54) is 0 Å². The smallest absolute Gasteiger partial charge is 0.180 e. The van der Waals surface area contributed by atoms with E-state index in [-0.39, 0.29) is 11.2 Å². The topological polar surface area (TPSA) is 60.7 Å². The van der Waals surface area contributed by atoms with Crippen molar-refractivity contribution in [1.82, 2.24) is 19.7 Å². The molecule has 0 unspecified atom stereocenters. The fourth-order valence-corrected chi connectivity index (χ4v) is 3.06. The van der Waals surface area contributed by atoms with Crippen LogP contribution >= 0.6 is 0 Å². The highest BCUT2D eigenvalue weighted by molar-refractivity contribution is 6.06. The van der Waals surface area contributed by atoms with Crippen LogP contribution in [-0.2, 0) is 6.54 Å². The van der Waals surface area contributed by atoms with Crippen LogP contribution in [0.4, 0.5) is 0 Å². The fourth-order valence-electron chi connectivity index (χ4n) is 3.06. The molecule has 3 aromatic rings. The van der Waals surface area contributed by atoms with Crippen molar-refractivity contribution in [3.63, 3.8) is 0 Å². The molecular formula is C20H24N4O. The van der Waals surface area contributed by atoms with Gasteiger partial charge in [-0.3, -0.25) is 9.48 Å². The number of carbonyl (C=O) groups excluding carboxylic acids is 1. The molecule has 130 valence electrons. The van der Waals surface area contributed by atoms with Gasteiger partial charge in [0.2, 0.25) is 0 Å². The van der Waals surface area contributed by atoms with Gasteiger partial charge in [0.1, 0.15) is 11.5 Å². The number of hydrogen-bond donors (Lipinski definition) is 0. The molecule has 0 saturated carbocycles. The van der Waals surface area contributed by atoms with E-state index in [1.807, 2.05) is 30.1 Å². The minimum atomic E-state index is -0.0191. The number of fused-ring (bicyclic) bond motifs is 1. The molecule has 0 atom stereocenters. The van der Waals surface area contributed by atoms with Crippen molar-refractivity contribution in [2.45, 2.75) is 48.1 Å². The molecule has 2 aromatic heterocycles. The van der Waals surface area contributed by atoms with Crippen LogP contribution in [0.5, 0.6) is 0 Å². The van der Waals surface area contributed by atoms with Gasteiger partial charge in [0, 0.05) is 36.8 Å². The first kappa shape index (κ1) is 17.3. The van der Waals surface area contributed by atoms with Gasteiger partial charge >= 0.3 is 0 Å². The maximum Gasteiger partial charge on any atom is 0.180 e. The summed E-state index contributed by atoms with van der Waals surface area (Å²) in [4.78, 5) is 20.7. The summed E-state index contributed by atoms with van der Waals surface area (Å²) in [5.74, 6) is 0.721. The highest BCUT2D eigenvalue weighted by Crippen LogP contribution is 2.31. The first-order valence-electron chi connectivity index (χ1n) is 8.47. The number of aryl methyl sites for hydroxylation is 2. The van der Waals surface area contributed by atoms with Crippen LogP contribution in [0, 0.1) is 19.3 Å². The van der Waals surface area contributed by atoms with Crippen molar-refractivity contribution in [2.24, 2.45) is 5.41 Å². The van der Waals surface area contributed by atoms with Gasteiger partial charge in [0.25, 0.3) is 0 Å². The Labute approximate surface area is 148 Å². The number of hydrogen-bond acceptors (Lipinski definition) is 4. The minimum Gasteiger partial charge on any atom is -0.293 e. The zero-order valence-electron chi connectivity index (χ0n) is 15.7. The monoisotopic (exact) mass is 336 g/mol. The molecule has 0 aliphatic heterocycles. The predicted molar refractivity (Wildman–Crippen MR) is 99.7 cm³/mol. The molecule has 5 nitrogen and oxygen atoms in total. The van der Waals surface area contributed by atoms with E-state index in [1.54, 1.807) is 6.92 Å². The number of ketones is 1. The average Bonchev–Trinajstić information content (AvgIpc) is 2.85. The summed E-state index contributed by atoms with van der Waals surface area (Å²) in [5.41, 5.74) is 4.66. The third-order valence-electron chi connectivity index (χ3n) is 4.11. The molecule has 0 aliphatic rings. The largest absolute Gasteiger partial charge is 0.293 e. The number of aromatic nitrogens is 4. The van der Waals surface area contributed by atoms with E-state index >= 15 is 0 Å². The Kier molecular flexibility index (Phi) is 4.19. The summed E-state index contributed by atoms with van der Waals surface area (Å²) < 4.78 is 1.97. The van der Waals surface area contributed by atoms with E-state index < -0.39 is 0 Å². The molecule has 5 heteroatoms. The lowest BCUT2D eigenvalue weighted by Gasteiger charge is -2.19. The van der Waals surface area contributed by atoms with Gasteiger partial charge in [-0.25, -0.2) is 9.97 Å². The molecule has 0 aliphatic carbocycles. The molecule has 1 aromatic carbocycles. The van der Waals surface area contributed by atoms with Crippen LogP contribution in [0.25, 0.3) is 22.0 Å². The van der Waals surface area contributed by atoms with Crippen LogP contribution in [0.2, 0.25) is 0 Å². The van der Waals surface area contributed by atoms with Crippen molar-refractivity contribution in [2.75, 3.05) is 0 Å². The number of nitrogens with zero attached hydrogens (tertiary/aromatic N) is 4. The van der Waals surface area contributed by atoms with E-state index in [0.29, 0.717) is 5.69 Å². The molecule has 3 rings (SSSR count). The summed E-state index contributed by atoms with van der Waals surface area (Å²) in [5, 5.41) is 5.52. The minimum absolute atomic E-state index is 0.0191. The van der Waals surface area contributed by atoms with Gasteiger partial charge in [-0.1, -0.05) is 20.8 Å². The van der Waals surface area contributed by atoms with Crippen LogP contribution < -0.4 is 0 Å². The number of carbonyl (C=O) groups is 1. The van der Waals surface area contributed by atoms with Crippen LogP contribution in [0.3, 0.4) is 0 Å². The molecular weight excluding hydrogens is 312 g/mol. The number of benzene rings is 1. The average molecular weight is 336 g/mol. The molecule has 25 heavy (non-hydrogen) atoms. The lowest BCUT2D eigenvalue weighted by molar-refractivity contribution is 0.101. The number of rotatable bonds is 3. The van der Waals surface area contributed by atoms with Crippen LogP contribution in [0.15, 0.2) is 24.5 Å². The van der Waals surface area contributed by atoms with Crippen molar-refractivity contribution in [1.29, 1.82) is 0 Å². The standard InChI is InChI=1S/C20H24N4O/c1-12-7-15(16-9-21-14(3)22-10-16)8-17-18(13(2)25)23-24(19(12)17)11-20(4,5)6/h7-10H,11H2,1-6H3. The number of Topliss-reactive ketones (excluding diaryl/α,β-unsaturated/α-hetero) is 1. The van der Waals surface area contributed by atoms with Crippen molar-refractivity contribution in [3.05, 3.63) is 41.6 Å². The van der Waals surface area contributed by atoms with E-state index in [0.717, 1.165) is 40.0 Å². The Balaban J connectivity index is 2.24. The first-order chi connectivity index (χ1) is 11.7.